The molecule has 31 heavy (non-hydrogen) atoms. The molecule has 2 N–H and O–H groups in total. The largest absolute Gasteiger partial charge is 0.457 e. The number of hydrogen-bond donors (Lipinski definition) is 1. The van der Waals surface area contributed by atoms with Crippen LogP contribution in [-0.2, 0) is 4.79 Å². The molecular formula is C23H22ClFN4O2. The van der Waals surface area contributed by atoms with Gasteiger partial charge >= 0.3 is 0 Å². The van der Waals surface area contributed by atoms with Crippen molar-refractivity contribution in [3.63, 3.8) is 0 Å². The zero-order valence-electron chi connectivity index (χ0n) is 16.8. The second-order valence-corrected chi connectivity index (χ2v) is 7.73. The molecule has 0 aliphatic carbocycles. The Labute approximate surface area is 185 Å². The van der Waals surface area contributed by atoms with E-state index in [1.54, 1.807) is 12.1 Å². The number of nitrogens with two attached hydrogens (primary N) is 1. The minimum atomic E-state index is -0.311. The van der Waals surface area contributed by atoms with Gasteiger partial charge in [0.1, 0.15) is 22.5 Å². The molecule has 0 radical (unpaired) electrons. The number of carbonyl (C=O) groups is 1. The van der Waals surface area contributed by atoms with Crippen molar-refractivity contribution in [2.24, 2.45) is 5.73 Å². The van der Waals surface area contributed by atoms with Gasteiger partial charge in [-0.05, 0) is 60.7 Å². The standard InChI is InChI=1S/C23H22ClFN4O2/c24-22-14-18(29-11-9-28(10-12-29)15-23(26)30)13-21(27-22)16-1-5-19(6-2-16)31-20-7-3-17(25)4-8-20/h1-8,13-14H,9-12,15H2,(H2,26,30). The second kappa shape index (κ2) is 9.32. The van der Waals surface area contributed by atoms with Crippen molar-refractivity contribution in [1.82, 2.24) is 9.88 Å². The third kappa shape index (κ3) is 5.51. The lowest BCUT2D eigenvalue weighted by atomic mass is 10.1. The van der Waals surface area contributed by atoms with Crippen LogP contribution in [0.3, 0.4) is 0 Å². The fraction of sp³-hybridized carbons (Fsp3) is 0.217. The van der Waals surface area contributed by atoms with Crippen molar-refractivity contribution in [2.45, 2.75) is 0 Å². The van der Waals surface area contributed by atoms with Crippen LogP contribution in [0.1, 0.15) is 0 Å². The van der Waals surface area contributed by atoms with Crippen LogP contribution >= 0.6 is 11.6 Å². The van der Waals surface area contributed by atoms with Gasteiger partial charge in [0.25, 0.3) is 0 Å². The molecule has 1 aromatic heterocycles. The minimum absolute atomic E-state index is 0.280. The van der Waals surface area contributed by atoms with Gasteiger partial charge in [0, 0.05) is 37.4 Å². The molecule has 2 aromatic carbocycles. The normalized spacial score (nSPS) is 14.5. The van der Waals surface area contributed by atoms with E-state index in [2.05, 4.69) is 9.88 Å². The first-order valence-electron chi connectivity index (χ1n) is 9.93. The highest BCUT2D eigenvalue weighted by molar-refractivity contribution is 6.29. The van der Waals surface area contributed by atoms with E-state index in [4.69, 9.17) is 22.1 Å². The second-order valence-electron chi connectivity index (χ2n) is 7.34. The van der Waals surface area contributed by atoms with Gasteiger partial charge in [-0.25, -0.2) is 9.37 Å². The molecule has 6 nitrogen and oxygen atoms in total. The number of piperazine rings is 1. The molecule has 1 fully saturated rings. The number of carbonyl (C=O) groups excluding carboxylic acids is 1. The maximum absolute atomic E-state index is 13.0. The third-order valence-electron chi connectivity index (χ3n) is 5.10. The van der Waals surface area contributed by atoms with Crippen molar-refractivity contribution in [1.29, 1.82) is 0 Å². The number of benzene rings is 2. The average molecular weight is 441 g/mol. The average Bonchev–Trinajstić information content (AvgIpc) is 2.75. The summed E-state index contributed by atoms with van der Waals surface area (Å²) in [6.07, 6.45) is 0. The number of primary amides is 1. The van der Waals surface area contributed by atoms with Crippen molar-refractivity contribution in [3.8, 4) is 22.8 Å². The van der Waals surface area contributed by atoms with Crippen LogP contribution in [0.5, 0.6) is 11.5 Å². The van der Waals surface area contributed by atoms with E-state index >= 15 is 0 Å². The van der Waals surface area contributed by atoms with Crippen LogP contribution in [0, 0.1) is 5.82 Å². The molecule has 1 amide bonds. The van der Waals surface area contributed by atoms with Crippen LogP contribution in [0.4, 0.5) is 10.1 Å². The topological polar surface area (TPSA) is 71.7 Å². The van der Waals surface area contributed by atoms with Gasteiger partial charge in [-0.1, -0.05) is 11.6 Å². The summed E-state index contributed by atoms with van der Waals surface area (Å²) in [5, 5.41) is 0.415. The Morgan fingerprint density at radius 3 is 2.23 bits per heavy atom. The Bertz CT molecular complexity index is 1050. The fourth-order valence-corrected chi connectivity index (χ4v) is 3.73. The van der Waals surface area contributed by atoms with Crippen molar-refractivity contribution < 1.29 is 13.9 Å². The van der Waals surface area contributed by atoms with E-state index in [-0.39, 0.29) is 18.3 Å². The molecule has 0 atom stereocenters. The van der Waals surface area contributed by atoms with Crippen LogP contribution in [-0.4, -0.2) is 48.5 Å². The molecule has 1 saturated heterocycles. The molecule has 4 rings (SSSR count). The minimum Gasteiger partial charge on any atom is -0.457 e. The highest BCUT2D eigenvalue weighted by Gasteiger charge is 2.19. The Balaban J connectivity index is 1.47. The van der Waals surface area contributed by atoms with E-state index in [1.807, 2.05) is 41.3 Å². The zero-order chi connectivity index (χ0) is 21.8. The molecule has 1 aliphatic heterocycles. The number of pyridine rings is 1. The molecule has 0 unspecified atom stereocenters. The summed E-state index contributed by atoms with van der Waals surface area (Å²) in [6, 6.07) is 17.2. The van der Waals surface area contributed by atoms with Gasteiger partial charge in [-0.2, -0.15) is 0 Å². The summed E-state index contributed by atoms with van der Waals surface area (Å²) < 4.78 is 18.8. The first kappa shape index (κ1) is 21.1. The molecule has 3 aromatic rings. The smallest absolute Gasteiger partial charge is 0.231 e. The van der Waals surface area contributed by atoms with E-state index in [1.165, 1.54) is 12.1 Å². The molecule has 0 bridgehead atoms. The summed E-state index contributed by atoms with van der Waals surface area (Å²) in [5.41, 5.74) is 7.94. The lowest BCUT2D eigenvalue weighted by Crippen LogP contribution is -2.48. The summed E-state index contributed by atoms with van der Waals surface area (Å²) in [7, 11) is 0. The molecule has 0 saturated carbocycles. The van der Waals surface area contributed by atoms with Crippen LogP contribution in [0.2, 0.25) is 5.15 Å². The van der Waals surface area contributed by atoms with Crippen molar-refractivity contribution in [3.05, 3.63) is 71.6 Å². The number of nitrogens with zero attached hydrogens (tertiary/aromatic N) is 3. The number of rotatable bonds is 6. The predicted octanol–water partition coefficient (Wildman–Crippen LogP) is 3.94. The van der Waals surface area contributed by atoms with Crippen LogP contribution in [0.15, 0.2) is 60.7 Å². The van der Waals surface area contributed by atoms with Gasteiger partial charge in [0.2, 0.25) is 5.91 Å². The maximum Gasteiger partial charge on any atom is 0.231 e. The highest BCUT2D eigenvalue weighted by atomic mass is 35.5. The SMILES string of the molecule is NC(=O)CN1CCN(c2cc(Cl)nc(-c3ccc(Oc4ccc(F)cc4)cc3)c2)CC1. The number of amides is 1. The molecular weight excluding hydrogens is 419 g/mol. The molecule has 1 aliphatic rings. The van der Waals surface area contributed by atoms with E-state index < -0.39 is 0 Å². The summed E-state index contributed by atoms with van der Waals surface area (Å²) >= 11 is 6.30. The molecule has 160 valence electrons. The Hall–Kier alpha value is -3.16. The monoisotopic (exact) mass is 440 g/mol. The predicted molar refractivity (Wildman–Crippen MR) is 119 cm³/mol. The lowest BCUT2D eigenvalue weighted by Gasteiger charge is -2.35. The molecule has 2 heterocycles. The van der Waals surface area contributed by atoms with Crippen LogP contribution in [0.25, 0.3) is 11.3 Å². The quantitative estimate of drug-likeness (QED) is 0.588. The van der Waals surface area contributed by atoms with E-state index in [0.717, 1.165) is 43.1 Å². The molecule has 0 spiro atoms. The number of ether oxygens (including phenoxy) is 1. The number of hydrogen-bond acceptors (Lipinski definition) is 5. The number of halogens is 2. The number of anilines is 1. The molecule has 8 heteroatoms. The summed E-state index contributed by atoms with van der Waals surface area (Å²) in [5.74, 6) is 0.588. The lowest BCUT2D eigenvalue weighted by molar-refractivity contribution is -0.119. The van der Waals surface area contributed by atoms with E-state index in [9.17, 15) is 9.18 Å². The number of aromatic nitrogens is 1. The first-order chi connectivity index (χ1) is 15.0. The maximum atomic E-state index is 13.0. The van der Waals surface area contributed by atoms with Gasteiger partial charge in [0.05, 0.1) is 12.2 Å². The van der Waals surface area contributed by atoms with Crippen molar-refractivity contribution in [2.75, 3.05) is 37.6 Å². The van der Waals surface area contributed by atoms with Gasteiger partial charge in [-0.3, -0.25) is 9.69 Å². The Kier molecular flexibility index (Phi) is 6.34. The van der Waals surface area contributed by atoms with Gasteiger partial charge in [-0.15, -0.1) is 0 Å². The third-order valence-corrected chi connectivity index (χ3v) is 5.29. The van der Waals surface area contributed by atoms with Gasteiger partial charge < -0.3 is 15.4 Å². The van der Waals surface area contributed by atoms with Crippen molar-refractivity contribution >= 4 is 23.2 Å². The Morgan fingerprint density at radius 2 is 1.61 bits per heavy atom. The van der Waals surface area contributed by atoms with Crippen LogP contribution < -0.4 is 15.4 Å². The Morgan fingerprint density at radius 1 is 1.00 bits per heavy atom. The van der Waals surface area contributed by atoms with E-state index in [0.29, 0.717) is 16.7 Å². The van der Waals surface area contributed by atoms with Gasteiger partial charge in [0.15, 0.2) is 0 Å². The summed E-state index contributed by atoms with van der Waals surface area (Å²) in [4.78, 5) is 19.9. The summed E-state index contributed by atoms with van der Waals surface area (Å²) in [6.45, 7) is 3.35. The fourth-order valence-electron chi connectivity index (χ4n) is 3.53. The highest BCUT2D eigenvalue weighted by Crippen LogP contribution is 2.29. The first-order valence-corrected chi connectivity index (χ1v) is 10.3. The zero-order valence-corrected chi connectivity index (χ0v) is 17.6.